The molecular weight excluding hydrogens is 348 g/mol. The van der Waals surface area contributed by atoms with E-state index in [1.807, 2.05) is 55.1 Å². The van der Waals surface area contributed by atoms with E-state index < -0.39 is 0 Å². The summed E-state index contributed by atoms with van der Waals surface area (Å²) in [5, 5.41) is 3.66. The molecule has 1 aliphatic rings. The second-order valence-electron chi connectivity index (χ2n) is 6.98. The van der Waals surface area contributed by atoms with Crippen LogP contribution in [-0.2, 0) is 22.6 Å². The van der Waals surface area contributed by atoms with Crippen LogP contribution in [0.4, 0.5) is 5.69 Å². The smallest absolute Gasteiger partial charge is 0.226 e. The average molecular weight is 371 g/mol. The Morgan fingerprint density at radius 3 is 2.54 bits per heavy atom. The van der Waals surface area contributed by atoms with E-state index in [4.69, 9.17) is 11.6 Å². The number of fused-ring (bicyclic) bond motifs is 1. The fourth-order valence-electron chi connectivity index (χ4n) is 3.25. The van der Waals surface area contributed by atoms with Gasteiger partial charge in [0.2, 0.25) is 11.8 Å². The molecule has 0 saturated heterocycles. The Hall–Kier alpha value is -2.33. The summed E-state index contributed by atoms with van der Waals surface area (Å²) in [6.07, 6.45) is 0.772. The van der Waals surface area contributed by atoms with Gasteiger partial charge in [-0.3, -0.25) is 9.59 Å². The van der Waals surface area contributed by atoms with Crippen molar-refractivity contribution in [1.29, 1.82) is 0 Å². The molecule has 0 unspecified atom stereocenters. The van der Waals surface area contributed by atoms with Crippen molar-refractivity contribution in [2.24, 2.45) is 5.92 Å². The Morgan fingerprint density at radius 1 is 1.15 bits per heavy atom. The van der Waals surface area contributed by atoms with Crippen LogP contribution < -0.4 is 5.32 Å². The highest BCUT2D eigenvalue weighted by molar-refractivity contribution is 6.33. The molecule has 3 rings (SSSR count). The molecule has 0 spiro atoms. The predicted octanol–water partition coefficient (Wildman–Crippen LogP) is 4.51. The summed E-state index contributed by atoms with van der Waals surface area (Å²) in [5.74, 6) is -0.0793. The number of benzene rings is 2. The number of amides is 2. The first-order chi connectivity index (χ1) is 12.4. The Labute approximate surface area is 159 Å². The molecule has 2 aromatic rings. The summed E-state index contributed by atoms with van der Waals surface area (Å²) in [4.78, 5) is 25.8. The van der Waals surface area contributed by atoms with Crippen molar-refractivity contribution in [3.8, 4) is 11.1 Å². The molecule has 1 aliphatic heterocycles. The molecule has 0 fully saturated rings. The highest BCUT2D eigenvalue weighted by Crippen LogP contribution is 2.37. The predicted molar refractivity (Wildman–Crippen MR) is 105 cm³/mol. The van der Waals surface area contributed by atoms with Gasteiger partial charge in [-0.1, -0.05) is 43.6 Å². The largest absolute Gasteiger partial charge is 0.338 e. The van der Waals surface area contributed by atoms with Crippen molar-refractivity contribution in [1.82, 2.24) is 4.90 Å². The molecule has 1 N–H and O–H groups in total. The molecule has 0 saturated carbocycles. The Bertz CT molecular complexity index is 861. The number of hydrogen-bond donors (Lipinski definition) is 1. The van der Waals surface area contributed by atoms with Gasteiger partial charge < -0.3 is 10.2 Å². The maximum atomic E-state index is 12.2. The van der Waals surface area contributed by atoms with Crippen LogP contribution in [0.25, 0.3) is 11.1 Å². The maximum Gasteiger partial charge on any atom is 0.226 e. The fraction of sp³-hybridized carbons (Fsp3) is 0.333. The number of hydrogen-bond acceptors (Lipinski definition) is 2. The number of anilines is 1. The van der Waals surface area contributed by atoms with Crippen LogP contribution in [0.15, 0.2) is 36.4 Å². The van der Waals surface area contributed by atoms with Crippen LogP contribution in [0.5, 0.6) is 0 Å². The molecule has 5 heteroatoms. The minimum atomic E-state index is -0.108. The summed E-state index contributed by atoms with van der Waals surface area (Å²) in [6.45, 7) is 6.55. The Kier molecular flexibility index (Phi) is 5.33. The summed E-state index contributed by atoms with van der Waals surface area (Å²) in [5.41, 5.74) is 4.96. The van der Waals surface area contributed by atoms with Gasteiger partial charge in [0.05, 0.1) is 0 Å². The molecule has 2 aromatic carbocycles. The molecule has 136 valence electrons. The van der Waals surface area contributed by atoms with Crippen molar-refractivity contribution >= 4 is 29.1 Å². The normalized spacial score (nSPS) is 13.5. The highest BCUT2D eigenvalue weighted by Gasteiger charge is 2.23. The summed E-state index contributed by atoms with van der Waals surface area (Å²) in [6, 6.07) is 11.7. The molecule has 26 heavy (non-hydrogen) atoms. The third-order valence-corrected chi connectivity index (χ3v) is 5.07. The number of nitrogens with one attached hydrogen (secondary N) is 1. The van der Waals surface area contributed by atoms with E-state index in [2.05, 4.69) is 5.32 Å². The van der Waals surface area contributed by atoms with Crippen LogP contribution >= 0.6 is 11.6 Å². The third kappa shape index (κ3) is 3.75. The van der Waals surface area contributed by atoms with Gasteiger partial charge in [-0.15, -0.1) is 0 Å². The molecule has 0 aromatic heterocycles. The summed E-state index contributed by atoms with van der Waals surface area (Å²) in [7, 11) is 0. The molecule has 1 heterocycles. The van der Waals surface area contributed by atoms with Crippen LogP contribution in [0.1, 0.15) is 31.9 Å². The number of nitrogens with zero attached hydrogens (tertiary/aromatic N) is 1. The van der Waals surface area contributed by atoms with Gasteiger partial charge in [0, 0.05) is 42.2 Å². The first-order valence-corrected chi connectivity index (χ1v) is 9.21. The van der Waals surface area contributed by atoms with Gasteiger partial charge >= 0.3 is 0 Å². The van der Waals surface area contributed by atoms with E-state index in [-0.39, 0.29) is 17.7 Å². The van der Waals surface area contributed by atoms with Crippen LogP contribution in [0.2, 0.25) is 5.02 Å². The second-order valence-corrected chi connectivity index (χ2v) is 7.38. The van der Waals surface area contributed by atoms with Gasteiger partial charge in [-0.05, 0) is 41.3 Å². The maximum absolute atomic E-state index is 12.2. The molecule has 0 bridgehead atoms. The van der Waals surface area contributed by atoms with E-state index >= 15 is 0 Å². The zero-order valence-corrected chi connectivity index (χ0v) is 16.1. The zero-order valence-electron chi connectivity index (χ0n) is 15.3. The molecule has 4 nitrogen and oxygen atoms in total. The lowest BCUT2D eigenvalue weighted by atomic mass is 9.89. The lowest BCUT2D eigenvalue weighted by Gasteiger charge is -2.30. The molecule has 2 amide bonds. The Balaban J connectivity index is 2.10. The standard InChI is InChI=1S/C21H23ClN2O2/c1-13(2)21(26)23-16-10-15-12-24(14(3)25)9-8-17(15)19(11-16)18-6-4-5-7-20(18)22/h4-7,10-11,13H,8-9,12H2,1-3H3,(H,23,26). The summed E-state index contributed by atoms with van der Waals surface area (Å²) >= 11 is 6.44. The Morgan fingerprint density at radius 2 is 1.88 bits per heavy atom. The molecule has 0 atom stereocenters. The van der Waals surface area contributed by atoms with Crippen LogP contribution in [0, 0.1) is 5.92 Å². The van der Waals surface area contributed by atoms with Gasteiger partial charge in [-0.2, -0.15) is 0 Å². The minimum Gasteiger partial charge on any atom is -0.338 e. The van der Waals surface area contributed by atoms with Crippen molar-refractivity contribution in [3.05, 3.63) is 52.5 Å². The van der Waals surface area contributed by atoms with Crippen LogP contribution in [-0.4, -0.2) is 23.3 Å². The minimum absolute atomic E-state index is 0.0331. The second kappa shape index (κ2) is 7.50. The number of rotatable bonds is 3. The third-order valence-electron chi connectivity index (χ3n) is 4.74. The van der Waals surface area contributed by atoms with E-state index in [0.29, 0.717) is 18.1 Å². The summed E-state index contributed by atoms with van der Waals surface area (Å²) < 4.78 is 0. The van der Waals surface area contributed by atoms with Crippen molar-refractivity contribution in [2.75, 3.05) is 11.9 Å². The zero-order chi connectivity index (χ0) is 18.8. The monoisotopic (exact) mass is 370 g/mol. The van der Waals surface area contributed by atoms with Crippen molar-refractivity contribution in [2.45, 2.75) is 33.7 Å². The lowest BCUT2D eigenvalue weighted by Crippen LogP contribution is -2.34. The average Bonchev–Trinajstić information content (AvgIpc) is 2.60. The van der Waals surface area contributed by atoms with Gasteiger partial charge in [0.15, 0.2) is 0 Å². The van der Waals surface area contributed by atoms with E-state index in [9.17, 15) is 9.59 Å². The van der Waals surface area contributed by atoms with Gasteiger partial charge in [0.1, 0.15) is 0 Å². The first-order valence-electron chi connectivity index (χ1n) is 8.84. The fourth-order valence-corrected chi connectivity index (χ4v) is 3.48. The lowest BCUT2D eigenvalue weighted by molar-refractivity contribution is -0.129. The molecule has 0 radical (unpaired) electrons. The quantitative estimate of drug-likeness (QED) is 0.864. The van der Waals surface area contributed by atoms with Crippen LogP contribution in [0.3, 0.4) is 0 Å². The molecule has 0 aliphatic carbocycles. The van der Waals surface area contributed by atoms with Crippen molar-refractivity contribution < 1.29 is 9.59 Å². The first kappa shape index (κ1) is 18.5. The van der Waals surface area contributed by atoms with E-state index in [0.717, 1.165) is 28.8 Å². The van der Waals surface area contributed by atoms with Gasteiger partial charge in [0.25, 0.3) is 0 Å². The number of carbonyl (C=O) groups excluding carboxylic acids is 2. The highest BCUT2D eigenvalue weighted by atomic mass is 35.5. The topological polar surface area (TPSA) is 49.4 Å². The molecular formula is C21H23ClN2O2. The number of halogens is 1. The van der Waals surface area contributed by atoms with E-state index in [1.165, 1.54) is 5.56 Å². The van der Waals surface area contributed by atoms with Crippen molar-refractivity contribution in [3.63, 3.8) is 0 Å². The van der Waals surface area contributed by atoms with Gasteiger partial charge in [-0.25, -0.2) is 0 Å². The van der Waals surface area contributed by atoms with E-state index in [1.54, 1.807) is 6.92 Å². The number of carbonyl (C=O) groups is 2. The SMILES string of the molecule is CC(=O)N1CCc2c(cc(NC(=O)C(C)C)cc2-c2ccccc2Cl)C1.